The number of likely N-dealkylation sites (tertiary alicyclic amines) is 1. The van der Waals surface area contributed by atoms with E-state index in [2.05, 4.69) is 23.7 Å². The van der Waals surface area contributed by atoms with E-state index < -0.39 is 0 Å². The van der Waals surface area contributed by atoms with Crippen LogP contribution >= 0.6 is 11.3 Å². The van der Waals surface area contributed by atoms with Gasteiger partial charge in [-0.3, -0.25) is 4.79 Å². The topological polar surface area (TPSA) is 32.3 Å². The van der Waals surface area contributed by atoms with Gasteiger partial charge in [0.25, 0.3) is 0 Å². The molecule has 1 aliphatic heterocycles. The van der Waals surface area contributed by atoms with Crippen molar-refractivity contribution in [3.8, 4) is 0 Å². The molecule has 1 saturated heterocycles. The van der Waals surface area contributed by atoms with Gasteiger partial charge in [-0.2, -0.15) is 0 Å². The fourth-order valence-electron chi connectivity index (χ4n) is 2.23. The van der Waals surface area contributed by atoms with Crippen molar-refractivity contribution >= 4 is 17.2 Å². The Bertz CT molecular complexity index is 350. The van der Waals surface area contributed by atoms with E-state index >= 15 is 0 Å². The van der Waals surface area contributed by atoms with Crippen molar-refractivity contribution in [1.29, 1.82) is 0 Å². The summed E-state index contributed by atoms with van der Waals surface area (Å²) in [5.41, 5.74) is 0. The average Bonchev–Trinajstić information content (AvgIpc) is 2.82. The molecule has 3 nitrogen and oxygen atoms in total. The number of carbonyl (C=O) groups is 1. The van der Waals surface area contributed by atoms with Crippen LogP contribution in [0.4, 0.5) is 0 Å². The summed E-state index contributed by atoms with van der Waals surface area (Å²) in [6.07, 6.45) is 2.05. The number of thiophene rings is 1. The molecule has 2 unspecified atom stereocenters. The molecule has 1 aromatic heterocycles. The lowest BCUT2D eigenvalue weighted by molar-refractivity contribution is -0.138. The first-order valence-corrected chi connectivity index (χ1v) is 6.63. The minimum atomic E-state index is 0.0103. The van der Waals surface area contributed by atoms with Crippen LogP contribution in [0.1, 0.15) is 30.7 Å². The third kappa shape index (κ3) is 2.13. The fraction of sp³-hybridized carbons (Fsp3) is 0.583. The maximum atomic E-state index is 12.2. The van der Waals surface area contributed by atoms with Crippen LogP contribution in [-0.2, 0) is 4.79 Å². The van der Waals surface area contributed by atoms with Crippen molar-refractivity contribution in [3.05, 3.63) is 22.4 Å². The lowest BCUT2D eigenvalue weighted by Gasteiger charge is -2.36. The number of piperidine rings is 1. The lowest BCUT2D eigenvalue weighted by Crippen LogP contribution is -2.50. The molecular formula is C12H18N2OS. The minimum absolute atomic E-state index is 0.0103. The molecule has 88 valence electrons. The number of carbonyl (C=O) groups excluding carboxylic acids is 1. The zero-order chi connectivity index (χ0) is 11.5. The minimum Gasteiger partial charge on any atom is -0.334 e. The van der Waals surface area contributed by atoms with E-state index in [-0.39, 0.29) is 18.0 Å². The van der Waals surface area contributed by atoms with E-state index in [4.69, 9.17) is 0 Å². The molecule has 1 aromatic rings. The molecule has 0 radical (unpaired) electrons. The predicted octanol–water partition coefficient (Wildman–Crippen LogP) is 2.02. The zero-order valence-electron chi connectivity index (χ0n) is 9.77. The zero-order valence-corrected chi connectivity index (χ0v) is 10.6. The first-order valence-electron chi connectivity index (χ1n) is 5.75. The molecule has 2 heterocycles. The SMILES string of the molecule is CNC1CCCN(C(C)c2cccs2)C1=O. The Morgan fingerprint density at radius 2 is 2.44 bits per heavy atom. The number of hydrogen-bond acceptors (Lipinski definition) is 3. The molecule has 0 aromatic carbocycles. The number of nitrogens with zero attached hydrogens (tertiary/aromatic N) is 1. The van der Waals surface area contributed by atoms with Crippen LogP contribution in [0.5, 0.6) is 0 Å². The molecular weight excluding hydrogens is 220 g/mol. The summed E-state index contributed by atoms with van der Waals surface area (Å²) in [4.78, 5) is 15.4. The number of rotatable bonds is 3. The van der Waals surface area contributed by atoms with Crippen molar-refractivity contribution in [2.45, 2.75) is 31.8 Å². The standard InChI is InChI=1S/C12H18N2OS/c1-9(11-6-4-8-16-11)14-7-3-5-10(13-2)12(14)15/h4,6,8-10,13H,3,5,7H2,1-2H3. The van der Waals surface area contributed by atoms with Crippen molar-refractivity contribution in [3.63, 3.8) is 0 Å². The Morgan fingerprint density at radius 3 is 3.06 bits per heavy atom. The second-order valence-electron chi connectivity index (χ2n) is 4.21. The Kier molecular flexibility index (Phi) is 3.61. The van der Waals surface area contributed by atoms with Gasteiger partial charge in [-0.1, -0.05) is 6.07 Å². The first-order chi connectivity index (χ1) is 7.74. The lowest BCUT2D eigenvalue weighted by atomic mass is 10.0. The van der Waals surface area contributed by atoms with Crippen molar-refractivity contribution in [2.24, 2.45) is 0 Å². The molecule has 1 N–H and O–H groups in total. The summed E-state index contributed by atoms with van der Waals surface area (Å²) in [7, 11) is 1.86. The third-order valence-corrected chi connectivity index (χ3v) is 4.29. The fourth-order valence-corrected chi connectivity index (χ4v) is 3.03. The Hall–Kier alpha value is -0.870. The molecule has 2 atom stereocenters. The summed E-state index contributed by atoms with van der Waals surface area (Å²) in [5.74, 6) is 0.245. The van der Waals surface area contributed by atoms with Crippen molar-refractivity contribution < 1.29 is 4.79 Å². The van der Waals surface area contributed by atoms with Gasteiger partial charge in [0.2, 0.25) is 5.91 Å². The maximum absolute atomic E-state index is 12.2. The number of amides is 1. The predicted molar refractivity (Wildman–Crippen MR) is 66.5 cm³/mol. The molecule has 0 spiro atoms. The van der Waals surface area contributed by atoms with Gasteiger partial charge in [0.1, 0.15) is 0 Å². The van der Waals surface area contributed by atoms with E-state index in [1.54, 1.807) is 11.3 Å². The molecule has 16 heavy (non-hydrogen) atoms. The van der Waals surface area contributed by atoms with Crippen LogP contribution < -0.4 is 5.32 Å². The van der Waals surface area contributed by atoms with E-state index in [9.17, 15) is 4.79 Å². The van der Waals surface area contributed by atoms with E-state index in [0.717, 1.165) is 19.4 Å². The van der Waals surface area contributed by atoms with Gasteiger partial charge < -0.3 is 10.2 Å². The van der Waals surface area contributed by atoms with Crippen LogP contribution in [0.2, 0.25) is 0 Å². The summed E-state index contributed by atoms with van der Waals surface area (Å²) in [5, 5.41) is 5.16. The molecule has 1 aliphatic rings. The van der Waals surface area contributed by atoms with Gasteiger partial charge in [0.05, 0.1) is 12.1 Å². The smallest absolute Gasteiger partial charge is 0.240 e. The highest BCUT2D eigenvalue weighted by Crippen LogP contribution is 2.27. The largest absolute Gasteiger partial charge is 0.334 e. The molecule has 4 heteroatoms. The van der Waals surface area contributed by atoms with Gasteiger partial charge in [0.15, 0.2) is 0 Å². The van der Waals surface area contributed by atoms with Crippen LogP contribution in [0, 0.1) is 0 Å². The quantitative estimate of drug-likeness (QED) is 0.873. The van der Waals surface area contributed by atoms with Crippen LogP contribution in [-0.4, -0.2) is 30.4 Å². The van der Waals surface area contributed by atoms with Crippen molar-refractivity contribution in [2.75, 3.05) is 13.6 Å². The van der Waals surface area contributed by atoms with Crippen molar-refractivity contribution in [1.82, 2.24) is 10.2 Å². The number of likely N-dealkylation sites (N-methyl/N-ethyl adjacent to an activating group) is 1. The van der Waals surface area contributed by atoms with Crippen LogP contribution in [0.3, 0.4) is 0 Å². The second-order valence-corrected chi connectivity index (χ2v) is 5.19. The molecule has 0 saturated carbocycles. The summed E-state index contributed by atoms with van der Waals surface area (Å²) in [6.45, 7) is 3.00. The molecule has 1 fully saturated rings. The molecule has 2 rings (SSSR count). The Balaban J connectivity index is 2.11. The highest BCUT2D eigenvalue weighted by Gasteiger charge is 2.31. The summed E-state index contributed by atoms with van der Waals surface area (Å²) < 4.78 is 0. The summed E-state index contributed by atoms with van der Waals surface area (Å²) in [6, 6.07) is 4.37. The normalized spacial score (nSPS) is 23.5. The number of hydrogen-bond donors (Lipinski definition) is 1. The molecule has 0 bridgehead atoms. The van der Waals surface area contributed by atoms with Crippen LogP contribution in [0.15, 0.2) is 17.5 Å². The maximum Gasteiger partial charge on any atom is 0.240 e. The molecule has 1 amide bonds. The highest BCUT2D eigenvalue weighted by molar-refractivity contribution is 7.10. The average molecular weight is 238 g/mol. The van der Waals surface area contributed by atoms with Gasteiger partial charge >= 0.3 is 0 Å². The Labute approximate surface area is 100 Å². The number of nitrogens with one attached hydrogen (secondary N) is 1. The Morgan fingerprint density at radius 1 is 1.62 bits per heavy atom. The second kappa shape index (κ2) is 4.97. The molecule has 0 aliphatic carbocycles. The first kappa shape index (κ1) is 11.6. The van der Waals surface area contributed by atoms with Crippen LogP contribution in [0.25, 0.3) is 0 Å². The van der Waals surface area contributed by atoms with Gasteiger partial charge in [-0.15, -0.1) is 11.3 Å². The third-order valence-electron chi connectivity index (χ3n) is 3.24. The summed E-state index contributed by atoms with van der Waals surface area (Å²) >= 11 is 1.72. The highest BCUT2D eigenvalue weighted by atomic mass is 32.1. The van der Waals surface area contributed by atoms with Gasteiger partial charge in [0, 0.05) is 11.4 Å². The van der Waals surface area contributed by atoms with E-state index in [1.807, 2.05) is 18.0 Å². The van der Waals surface area contributed by atoms with Gasteiger partial charge in [-0.05, 0) is 38.3 Å². The monoisotopic (exact) mass is 238 g/mol. The van der Waals surface area contributed by atoms with E-state index in [0.29, 0.717) is 0 Å². The van der Waals surface area contributed by atoms with E-state index in [1.165, 1.54) is 4.88 Å². The van der Waals surface area contributed by atoms with Gasteiger partial charge in [-0.25, -0.2) is 0 Å².